The standard InChI is InChI=1S/C33H34NO/c1-20-17-25(29-26(18-20)32(3,4)19-33(29,5)6)23-12-10-11-22-24-15-14-21(2)28(31(24)35-30(22)23)27-13-8-9-16-34(27)7/h8-18H,19H2,1-7H3/q+1. The number of fused-ring (bicyclic) bond motifs is 4. The Labute approximate surface area is 208 Å². The van der Waals surface area contributed by atoms with Crippen molar-refractivity contribution in [2.24, 2.45) is 7.05 Å². The quantitative estimate of drug-likeness (QED) is 0.242. The van der Waals surface area contributed by atoms with Gasteiger partial charge in [-0.15, -0.1) is 0 Å². The molecule has 2 aromatic heterocycles. The highest BCUT2D eigenvalue weighted by Crippen LogP contribution is 2.54. The van der Waals surface area contributed by atoms with Gasteiger partial charge < -0.3 is 4.42 Å². The zero-order valence-electron chi connectivity index (χ0n) is 21.9. The van der Waals surface area contributed by atoms with Crippen LogP contribution < -0.4 is 4.57 Å². The SMILES string of the molecule is Cc1cc(-c2cccc3c2oc2c(-c4cccc[n+]4C)c(C)ccc23)c2c(c1)C(C)(C)CC2(C)C. The fourth-order valence-electron chi connectivity index (χ4n) is 6.82. The van der Waals surface area contributed by atoms with Gasteiger partial charge in [-0.1, -0.05) is 75.7 Å². The molecule has 3 aromatic carbocycles. The minimum Gasteiger partial charge on any atom is -0.454 e. The molecule has 5 aromatic rings. The molecule has 0 bridgehead atoms. The van der Waals surface area contributed by atoms with Gasteiger partial charge in [-0.2, -0.15) is 0 Å². The van der Waals surface area contributed by atoms with Crippen molar-refractivity contribution in [1.29, 1.82) is 0 Å². The van der Waals surface area contributed by atoms with Crippen LogP contribution in [0, 0.1) is 13.8 Å². The molecular formula is C33H34NO+. The molecule has 2 heterocycles. The van der Waals surface area contributed by atoms with Crippen LogP contribution in [0.3, 0.4) is 0 Å². The summed E-state index contributed by atoms with van der Waals surface area (Å²) in [6, 6.07) is 22.2. The van der Waals surface area contributed by atoms with E-state index in [1.807, 2.05) is 0 Å². The molecule has 0 unspecified atom stereocenters. The normalized spacial score (nSPS) is 16.2. The van der Waals surface area contributed by atoms with E-state index in [1.54, 1.807) is 0 Å². The number of hydrogen-bond donors (Lipinski definition) is 0. The van der Waals surface area contributed by atoms with E-state index in [-0.39, 0.29) is 10.8 Å². The molecule has 0 N–H and O–H groups in total. The number of para-hydroxylation sites is 1. The minimum atomic E-state index is 0.107. The van der Waals surface area contributed by atoms with E-state index in [2.05, 4.69) is 120 Å². The van der Waals surface area contributed by atoms with Crippen LogP contribution in [-0.2, 0) is 17.9 Å². The number of benzene rings is 3. The van der Waals surface area contributed by atoms with E-state index >= 15 is 0 Å². The van der Waals surface area contributed by atoms with Gasteiger partial charge in [0.1, 0.15) is 18.2 Å². The number of furan rings is 1. The van der Waals surface area contributed by atoms with Crippen LogP contribution in [0.1, 0.15) is 56.4 Å². The molecule has 0 spiro atoms. The first-order chi connectivity index (χ1) is 16.6. The van der Waals surface area contributed by atoms with Crippen molar-refractivity contribution in [2.45, 2.75) is 58.8 Å². The fourth-order valence-corrected chi connectivity index (χ4v) is 6.82. The van der Waals surface area contributed by atoms with Crippen molar-refractivity contribution in [1.82, 2.24) is 0 Å². The average molecular weight is 461 g/mol. The molecule has 0 fully saturated rings. The van der Waals surface area contributed by atoms with Crippen LogP contribution in [0.2, 0.25) is 0 Å². The second-order valence-corrected chi connectivity index (χ2v) is 11.8. The molecule has 2 nitrogen and oxygen atoms in total. The highest BCUT2D eigenvalue weighted by molar-refractivity contribution is 6.13. The van der Waals surface area contributed by atoms with Gasteiger partial charge in [-0.25, -0.2) is 4.57 Å². The van der Waals surface area contributed by atoms with E-state index in [9.17, 15) is 0 Å². The molecule has 0 atom stereocenters. The third-order valence-electron chi connectivity index (χ3n) is 8.05. The largest absolute Gasteiger partial charge is 0.454 e. The Balaban J connectivity index is 1.71. The average Bonchev–Trinajstić information content (AvgIpc) is 3.25. The Morgan fingerprint density at radius 2 is 1.54 bits per heavy atom. The van der Waals surface area contributed by atoms with Crippen molar-refractivity contribution < 1.29 is 8.98 Å². The van der Waals surface area contributed by atoms with Crippen molar-refractivity contribution in [3.05, 3.63) is 89.1 Å². The topological polar surface area (TPSA) is 17.0 Å². The zero-order chi connectivity index (χ0) is 24.7. The van der Waals surface area contributed by atoms with E-state index in [0.29, 0.717) is 0 Å². The number of nitrogens with zero attached hydrogens (tertiary/aromatic N) is 1. The van der Waals surface area contributed by atoms with Crippen molar-refractivity contribution in [3.63, 3.8) is 0 Å². The van der Waals surface area contributed by atoms with E-state index < -0.39 is 0 Å². The Hall–Kier alpha value is -3.39. The first kappa shape index (κ1) is 22.1. The zero-order valence-corrected chi connectivity index (χ0v) is 21.9. The summed E-state index contributed by atoms with van der Waals surface area (Å²) < 4.78 is 9.04. The predicted octanol–water partition coefficient (Wildman–Crippen LogP) is 8.32. The second-order valence-electron chi connectivity index (χ2n) is 11.8. The second kappa shape index (κ2) is 7.31. The maximum atomic E-state index is 6.87. The molecule has 1 aliphatic rings. The number of hydrogen-bond acceptors (Lipinski definition) is 1. The fraction of sp³-hybridized carbons (Fsp3) is 0.303. The molecule has 0 amide bonds. The Kier molecular flexibility index (Phi) is 4.61. The summed E-state index contributed by atoms with van der Waals surface area (Å²) in [5.41, 5.74) is 12.6. The summed E-state index contributed by atoms with van der Waals surface area (Å²) in [7, 11) is 2.10. The van der Waals surface area contributed by atoms with Crippen molar-refractivity contribution in [3.8, 4) is 22.4 Å². The summed E-state index contributed by atoms with van der Waals surface area (Å²) in [6.07, 6.45) is 3.25. The molecule has 0 aliphatic heterocycles. The lowest BCUT2D eigenvalue weighted by Crippen LogP contribution is -2.30. The smallest absolute Gasteiger partial charge is 0.216 e. The first-order valence-corrected chi connectivity index (χ1v) is 12.6. The summed E-state index contributed by atoms with van der Waals surface area (Å²) in [4.78, 5) is 0. The third-order valence-corrected chi connectivity index (χ3v) is 8.05. The van der Waals surface area contributed by atoms with E-state index in [0.717, 1.165) is 23.3 Å². The molecule has 2 heteroatoms. The first-order valence-electron chi connectivity index (χ1n) is 12.6. The summed E-state index contributed by atoms with van der Waals surface area (Å²) in [6.45, 7) is 14.0. The summed E-state index contributed by atoms with van der Waals surface area (Å²) in [5.74, 6) is 0. The molecule has 0 saturated heterocycles. The maximum Gasteiger partial charge on any atom is 0.216 e. The number of aromatic nitrogens is 1. The third kappa shape index (κ3) is 3.19. The lowest BCUT2D eigenvalue weighted by atomic mass is 9.80. The summed E-state index contributed by atoms with van der Waals surface area (Å²) in [5, 5.41) is 2.36. The van der Waals surface area contributed by atoms with Gasteiger partial charge in [0.15, 0.2) is 6.20 Å². The minimum absolute atomic E-state index is 0.107. The summed E-state index contributed by atoms with van der Waals surface area (Å²) >= 11 is 0. The molecule has 1 aliphatic carbocycles. The lowest BCUT2D eigenvalue weighted by molar-refractivity contribution is -0.660. The number of aryl methyl sites for hydroxylation is 3. The predicted molar refractivity (Wildman–Crippen MR) is 146 cm³/mol. The van der Waals surface area contributed by atoms with E-state index in [1.165, 1.54) is 49.7 Å². The van der Waals surface area contributed by atoms with E-state index in [4.69, 9.17) is 4.42 Å². The van der Waals surface area contributed by atoms with Crippen LogP contribution in [0.25, 0.3) is 44.3 Å². The van der Waals surface area contributed by atoms with Crippen LogP contribution in [0.4, 0.5) is 0 Å². The Morgan fingerprint density at radius 1 is 0.771 bits per heavy atom. The van der Waals surface area contributed by atoms with Gasteiger partial charge in [0, 0.05) is 28.5 Å². The maximum absolute atomic E-state index is 6.87. The Morgan fingerprint density at radius 3 is 2.31 bits per heavy atom. The monoisotopic (exact) mass is 460 g/mol. The molecule has 35 heavy (non-hydrogen) atoms. The number of pyridine rings is 1. The molecular weight excluding hydrogens is 426 g/mol. The molecule has 6 rings (SSSR count). The highest BCUT2D eigenvalue weighted by atomic mass is 16.3. The number of rotatable bonds is 2. The van der Waals surface area contributed by atoms with Gasteiger partial charge in [0.05, 0.1) is 5.56 Å². The van der Waals surface area contributed by atoms with Gasteiger partial charge in [-0.3, -0.25) is 0 Å². The van der Waals surface area contributed by atoms with Gasteiger partial charge >= 0.3 is 0 Å². The van der Waals surface area contributed by atoms with Gasteiger partial charge in [0.25, 0.3) is 0 Å². The van der Waals surface area contributed by atoms with Crippen LogP contribution in [0.15, 0.2) is 71.3 Å². The molecule has 176 valence electrons. The lowest BCUT2D eigenvalue weighted by Gasteiger charge is -2.24. The Bertz CT molecular complexity index is 1650. The molecule has 0 radical (unpaired) electrons. The van der Waals surface area contributed by atoms with Gasteiger partial charge in [-0.05, 0) is 59.4 Å². The highest BCUT2D eigenvalue weighted by Gasteiger charge is 2.43. The van der Waals surface area contributed by atoms with Crippen molar-refractivity contribution >= 4 is 21.9 Å². The van der Waals surface area contributed by atoms with Gasteiger partial charge in [0.2, 0.25) is 5.69 Å². The van der Waals surface area contributed by atoms with Crippen LogP contribution in [-0.4, -0.2) is 0 Å². The van der Waals surface area contributed by atoms with Crippen molar-refractivity contribution in [2.75, 3.05) is 0 Å². The molecule has 0 saturated carbocycles. The van der Waals surface area contributed by atoms with Crippen LogP contribution in [0.5, 0.6) is 0 Å². The van der Waals surface area contributed by atoms with Crippen LogP contribution >= 0.6 is 0 Å².